The molecular formula is C28H29NO3. The Morgan fingerprint density at radius 2 is 1.41 bits per heavy atom. The van der Waals surface area contributed by atoms with Crippen LogP contribution in [0.1, 0.15) is 25.3 Å². The quantitative estimate of drug-likeness (QED) is 0.320. The Morgan fingerprint density at radius 1 is 0.750 bits per heavy atom. The maximum atomic E-state index is 11.1. The predicted octanol–water partition coefficient (Wildman–Crippen LogP) is 5.91. The first kappa shape index (κ1) is 21.7. The molecular weight excluding hydrogens is 398 g/mol. The smallest absolute Gasteiger partial charge is 0.216 e. The third-order valence-corrected chi connectivity index (χ3v) is 5.51. The zero-order valence-electron chi connectivity index (χ0n) is 18.5. The lowest BCUT2D eigenvalue weighted by atomic mass is 10.0. The second-order valence-corrected chi connectivity index (χ2v) is 7.95. The predicted molar refractivity (Wildman–Crippen MR) is 131 cm³/mol. The first-order valence-corrected chi connectivity index (χ1v) is 11.2. The molecule has 0 spiro atoms. The Hall–Kier alpha value is -3.53. The minimum Gasteiger partial charge on any atom is -0.494 e. The van der Waals surface area contributed by atoms with Crippen molar-refractivity contribution in [3.05, 3.63) is 84.4 Å². The van der Waals surface area contributed by atoms with E-state index in [0.717, 1.165) is 30.8 Å². The lowest BCUT2D eigenvalue weighted by Crippen LogP contribution is -2.22. The molecule has 4 aromatic rings. The average molecular weight is 428 g/mol. The molecule has 4 nitrogen and oxygen atoms in total. The molecule has 4 rings (SSSR count). The number of nitrogens with one attached hydrogen (secondary N) is 1. The van der Waals surface area contributed by atoms with Gasteiger partial charge in [-0.3, -0.25) is 4.79 Å². The molecule has 0 aliphatic heterocycles. The molecule has 164 valence electrons. The molecule has 0 aliphatic rings. The van der Waals surface area contributed by atoms with E-state index in [4.69, 9.17) is 9.47 Å². The summed E-state index contributed by atoms with van der Waals surface area (Å²) < 4.78 is 11.9. The number of amides is 1. The van der Waals surface area contributed by atoms with Gasteiger partial charge in [-0.15, -0.1) is 0 Å². The summed E-state index contributed by atoms with van der Waals surface area (Å²) in [5.41, 5.74) is 1.21. The minimum atomic E-state index is -0.00106. The maximum absolute atomic E-state index is 11.1. The van der Waals surface area contributed by atoms with Crippen molar-refractivity contribution in [2.75, 3.05) is 19.8 Å². The second-order valence-electron chi connectivity index (χ2n) is 7.95. The lowest BCUT2D eigenvalue weighted by molar-refractivity contribution is -0.118. The second kappa shape index (κ2) is 10.7. The summed E-state index contributed by atoms with van der Waals surface area (Å²) in [5, 5.41) is 7.64. The van der Waals surface area contributed by atoms with Crippen molar-refractivity contribution in [2.24, 2.45) is 0 Å². The molecule has 0 fully saturated rings. The molecule has 0 bridgehead atoms. The summed E-state index contributed by atoms with van der Waals surface area (Å²) >= 11 is 0. The first-order valence-electron chi connectivity index (χ1n) is 11.2. The number of carbonyl (C=O) groups excluding carboxylic acids is 1. The number of fused-ring (bicyclic) bond motifs is 2. The van der Waals surface area contributed by atoms with Gasteiger partial charge in [0.1, 0.15) is 11.5 Å². The Kier molecular flexibility index (Phi) is 7.23. The molecule has 0 saturated heterocycles. The van der Waals surface area contributed by atoms with Crippen LogP contribution in [0.3, 0.4) is 0 Å². The highest BCUT2D eigenvalue weighted by Crippen LogP contribution is 2.25. The maximum Gasteiger partial charge on any atom is 0.216 e. The molecule has 0 atom stereocenters. The SMILES string of the molecule is CC(=O)NCCc1cccc2ccc(OCCCCOc3ccc4ccccc4c3)cc12. The van der Waals surface area contributed by atoms with E-state index in [0.29, 0.717) is 19.8 Å². The molecule has 0 unspecified atom stereocenters. The summed E-state index contributed by atoms with van der Waals surface area (Å²) in [6, 6.07) is 27.0. The number of hydrogen-bond donors (Lipinski definition) is 1. The van der Waals surface area contributed by atoms with Crippen LogP contribution in [0, 0.1) is 0 Å². The summed E-state index contributed by atoms with van der Waals surface area (Å²) in [4.78, 5) is 11.1. The van der Waals surface area contributed by atoms with Gasteiger partial charge in [-0.1, -0.05) is 54.6 Å². The van der Waals surface area contributed by atoms with Crippen LogP contribution in [0.4, 0.5) is 0 Å². The fourth-order valence-corrected chi connectivity index (χ4v) is 3.84. The van der Waals surface area contributed by atoms with Crippen LogP contribution in [0.15, 0.2) is 78.9 Å². The number of benzene rings is 4. The Labute approximate surface area is 189 Å². The fraction of sp³-hybridized carbons (Fsp3) is 0.250. The van der Waals surface area contributed by atoms with Gasteiger partial charge in [-0.2, -0.15) is 0 Å². The third kappa shape index (κ3) is 5.79. The van der Waals surface area contributed by atoms with Crippen LogP contribution in [0.2, 0.25) is 0 Å². The minimum absolute atomic E-state index is 0.00106. The molecule has 4 aromatic carbocycles. The lowest BCUT2D eigenvalue weighted by Gasteiger charge is -2.11. The number of hydrogen-bond acceptors (Lipinski definition) is 3. The number of rotatable bonds is 10. The van der Waals surface area contributed by atoms with E-state index < -0.39 is 0 Å². The van der Waals surface area contributed by atoms with E-state index in [1.165, 1.54) is 27.1 Å². The first-order chi connectivity index (χ1) is 15.7. The Morgan fingerprint density at radius 3 is 2.16 bits per heavy atom. The molecule has 0 aromatic heterocycles. The fourth-order valence-electron chi connectivity index (χ4n) is 3.84. The summed E-state index contributed by atoms with van der Waals surface area (Å²) in [6.07, 6.45) is 2.66. The standard InChI is InChI=1S/C28H29NO3/c1-21(30)29-16-15-24-10-6-9-23-12-14-27(20-28(23)24)32-18-5-4-17-31-26-13-11-22-7-2-3-8-25(22)19-26/h2-3,6-14,19-20H,4-5,15-18H2,1H3,(H,29,30). The molecule has 0 aliphatic carbocycles. The van der Waals surface area contributed by atoms with Crippen molar-refractivity contribution in [2.45, 2.75) is 26.2 Å². The van der Waals surface area contributed by atoms with E-state index in [1.54, 1.807) is 6.92 Å². The molecule has 1 amide bonds. The van der Waals surface area contributed by atoms with Crippen LogP contribution in [-0.4, -0.2) is 25.7 Å². The van der Waals surface area contributed by atoms with Gasteiger partial charge in [-0.05, 0) is 70.6 Å². The van der Waals surface area contributed by atoms with Gasteiger partial charge in [0, 0.05) is 13.5 Å². The Bertz CT molecular complexity index is 1200. The van der Waals surface area contributed by atoms with E-state index in [9.17, 15) is 4.79 Å². The van der Waals surface area contributed by atoms with Crippen LogP contribution in [0.5, 0.6) is 11.5 Å². The van der Waals surface area contributed by atoms with Gasteiger partial charge in [-0.25, -0.2) is 0 Å². The van der Waals surface area contributed by atoms with Crippen LogP contribution in [0.25, 0.3) is 21.5 Å². The van der Waals surface area contributed by atoms with Gasteiger partial charge < -0.3 is 14.8 Å². The highest BCUT2D eigenvalue weighted by molar-refractivity contribution is 5.87. The van der Waals surface area contributed by atoms with Crippen molar-refractivity contribution in [3.8, 4) is 11.5 Å². The van der Waals surface area contributed by atoms with Gasteiger partial charge in [0.05, 0.1) is 13.2 Å². The highest BCUT2D eigenvalue weighted by Gasteiger charge is 2.04. The topological polar surface area (TPSA) is 47.6 Å². The van der Waals surface area contributed by atoms with Gasteiger partial charge in [0.25, 0.3) is 0 Å². The number of carbonyl (C=O) groups is 1. The molecule has 1 N–H and O–H groups in total. The number of ether oxygens (including phenoxy) is 2. The third-order valence-electron chi connectivity index (χ3n) is 5.51. The normalized spacial score (nSPS) is 10.9. The molecule has 0 saturated carbocycles. The average Bonchev–Trinajstić information content (AvgIpc) is 2.81. The summed E-state index contributed by atoms with van der Waals surface area (Å²) in [7, 11) is 0. The van der Waals surface area contributed by atoms with Crippen LogP contribution >= 0.6 is 0 Å². The van der Waals surface area contributed by atoms with E-state index >= 15 is 0 Å². The monoisotopic (exact) mass is 427 g/mol. The van der Waals surface area contributed by atoms with Gasteiger partial charge in [0.15, 0.2) is 0 Å². The highest BCUT2D eigenvalue weighted by atomic mass is 16.5. The van der Waals surface area contributed by atoms with Crippen molar-refractivity contribution < 1.29 is 14.3 Å². The molecule has 32 heavy (non-hydrogen) atoms. The largest absolute Gasteiger partial charge is 0.494 e. The zero-order valence-corrected chi connectivity index (χ0v) is 18.5. The molecule has 0 heterocycles. The molecule has 0 radical (unpaired) electrons. The van der Waals surface area contributed by atoms with Crippen molar-refractivity contribution in [1.82, 2.24) is 5.32 Å². The number of unbranched alkanes of at least 4 members (excludes halogenated alkanes) is 1. The summed E-state index contributed by atoms with van der Waals surface area (Å²) in [6.45, 7) is 3.51. The Balaban J connectivity index is 1.25. The summed E-state index contributed by atoms with van der Waals surface area (Å²) in [5.74, 6) is 1.78. The van der Waals surface area contributed by atoms with E-state index in [1.807, 2.05) is 24.3 Å². The van der Waals surface area contributed by atoms with Crippen molar-refractivity contribution in [1.29, 1.82) is 0 Å². The van der Waals surface area contributed by atoms with Crippen molar-refractivity contribution >= 4 is 27.5 Å². The van der Waals surface area contributed by atoms with Gasteiger partial charge in [0.2, 0.25) is 5.91 Å². The van der Waals surface area contributed by atoms with E-state index in [-0.39, 0.29) is 5.91 Å². The van der Waals surface area contributed by atoms with Gasteiger partial charge >= 0.3 is 0 Å². The van der Waals surface area contributed by atoms with E-state index in [2.05, 4.69) is 59.9 Å². The van der Waals surface area contributed by atoms with Crippen molar-refractivity contribution in [3.63, 3.8) is 0 Å². The molecule has 4 heteroatoms. The zero-order chi connectivity index (χ0) is 22.2. The van der Waals surface area contributed by atoms with Crippen LogP contribution in [-0.2, 0) is 11.2 Å². The van der Waals surface area contributed by atoms with Crippen LogP contribution < -0.4 is 14.8 Å².